The van der Waals surface area contributed by atoms with Crippen LogP contribution in [0.25, 0.3) is 6.08 Å². The molecule has 0 amide bonds. The summed E-state index contributed by atoms with van der Waals surface area (Å²) in [5.41, 5.74) is -0.742. The number of rotatable bonds is 3. The fraction of sp³-hybridized carbons (Fsp3) is 0.250. The Kier molecular flexibility index (Phi) is 4.84. The van der Waals surface area contributed by atoms with Crippen molar-refractivity contribution in [1.82, 2.24) is 0 Å². The van der Waals surface area contributed by atoms with Gasteiger partial charge in [-0.3, -0.25) is 4.79 Å². The van der Waals surface area contributed by atoms with E-state index < -0.39 is 17.5 Å². The van der Waals surface area contributed by atoms with E-state index >= 15 is 0 Å². The number of halogens is 3. The third kappa shape index (κ3) is 4.44. The molecule has 0 aliphatic heterocycles. The average Bonchev–Trinajstić information content (AvgIpc) is 2.24. The van der Waals surface area contributed by atoms with Crippen LogP contribution < -0.4 is 0 Å². The normalized spacial score (nSPS) is 12.0. The van der Waals surface area contributed by atoms with Crippen LogP contribution in [-0.4, -0.2) is 16.0 Å². The third-order valence-electron chi connectivity index (χ3n) is 2.02. The maximum absolute atomic E-state index is 12.5. The van der Waals surface area contributed by atoms with Crippen molar-refractivity contribution < 1.29 is 23.1 Å². The maximum atomic E-state index is 12.5. The summed E-state index contributed by atoms with van der Waals surface area (Å²) in [7, 11) is 0. The largest absolute Gasteiger partial charge is 0.507 e. The molecule has 0 fully saturated rings. The quantitative estimate of drug-likeness (QED) is 0.914. The highest BCUT2D eigenvalue weighted by Crippen LogP contribution is 2.36. The Bertz CT molecular complexity index is 467. The van der Waals surface area contributed by atoms with E-state index in [2.05, 4.69) is 0 Å². The number of benzene rings is 1. The van der Waals surface area contributed by atoms with Crippen molar-refractivity contribution in [1.29, 1.82) is 0 Å². The summed E-state index contributed by atoms with van der Waals surface area (Å²) >= 11 is 1.07. The van der Waals surface area contributed by atoms with E-state index in [0.717, 1.165) is 23.9 Å². The molecule has 0 bridgehead atoms. The smallest absolute Gasteiger partial charge is 0.419 e. The Hall–Kier alpha value is -1.43. The highest BCUT2D eigenvalue weighted by atomic mass is 32.2. The maximum Gasteiger partial charge on any atom is 0.419 e. The van der Waals surface area contributed by atoms with E-state index in [-0.39, 0.29) is 5.12 Å². The Labute approximate surface area is 107 Å². The van der Waals surface area contributed by atoms with Crippen LogP contribution in [0.4, 0.5) is 13.2 Å². The minimum Gasteiger partial charge on any atom is -0.507 e. The van der Waals surface area contributed by atoms with Gasteiger partial charge in [0, 0.05) is 12.7 Å². The van der Waals surface area contributed by atoms with Crippen molar-refractivity contribution in [2.45, 2.75) is 13.1 Å². The minimum atomic E-state index is -4.58. The van der Waals surface area contributed by atoms with Gasteiger partial charge in [0.1, 0.15) is 5.75 Å². The molecule has 0 unspecified atom stereocenters. The molecule has 1 aromatic carbocycles. The molecule has 0 saturated carbocycles. The lowest BCUT2D eigenvalue weighted by molar-refractivity contribution is -0.138. The molecular weight excluding hydrogens is 265 g/mol. The summed E-state index contributed by atoms with van der Waals surface area (Å²) in [5, 5.41) is 9.07. The molecule has 18 heavy (non-hydrogen) atoms. The second-order valence-corrected chi connectivity index (χ2v) is 4.68. The fourth-order valence-corrected chi connectivity index (χ4v) is 1.66. The Morgan fingerprint density at radius 3 is 2.67 bits per heavy atom. The first kappa shape index (κ1) is 14.6. The van der Waals surface area contributed by atoms with Crippen molar-refractivity contribution >= 4 is 23.0 Å². The Morgan fingerprint density at radius 2 is 2.11 bits per heavy atom. The molecule has 0 atom stereocenters. The molecule has 2 nitrogen and oxygen atoms in total. The summed E-state index contributed by atoms with van der Waals surface area (Å²) in [6, 6.07) is 3.24. The van der Waals surface area contributed by atoms with Crippen LogP contribution in [0.2, 0.25) is 0 Å². The first-order chi connectivity index (χ1) is 8.30. The molecule has 0 saturated heterocycles. The van der Waals surface area contributed by atoms with Gasteiger partial charge in [-0.1, -0.05) is 30.0 Å². The number of thioether (sulfide) groups is 1. The molecule has 1 aromatic rings. The number of phenolic OH excluding ortho intramolecular Hbond substituents is 1. The number of carbonyl (C=O) groups excluding carboxylic acids is 1. The highest BCUT2D eigenvalue weighted by molar-refractivity contribution is 8.13. The first-order valence-corrected chi connectivity index (χ1v) is 5.99. The molecule has 0 heterocycles. The van der Waals surface area contributed by atoms with E-state index in [9.17, 15) is 18.0 Å². The highest BCUT2D eigenvalue weighted by Gasteiger charge is 2.33. The Balaban J connectivity index is 2.83. The zero-order valence-electron chi connectivity index (χ0n) is 9.49. The summed E-state index contributed by atoms with van der Waals surface area (Å²) in [4.78, 5) is 10.6. The van der Waals surface area contributed by atoms with Crippen LogP contribution in [-0.2, 0) is 11.0 Å². The standard InChI is InChI=1S/C12H11F3O2S/c1-8(16)18-6-2-3-9-4-5-11(17)10(7-9)12(13,14)15/h2-5,7,17H,6H2,1H3. The number of hydrogen-bond donors (Lipinski definition) is 1. The minimum absolute atomic E-state index is 0.0543. The molecular formula is C12H11F3O2S. The average molecular weight is 276 g/mol. The lowest BCUT2D eigenvalue weighted by atomic mass is 10.1. The first-order valence-electron chi connectivity index (χ1n) is 5.01. The van der Waals surface area contributed by atoms with Crippen molar-refractivity contribution in [3.8, 4) is 5.75 Å². The van der Waals surface area contributed by atoms with E-state index in [1.54, 1.807) is 6.08 Å². The molecule has 0 radical (unpaired) electrons. The van der Waals surface area contributed by atoms with Gasteiger partial charge in [0.15, 0.2) is 5.12 Å². The van der Waals surface area contributed by atoms with Gasteiger partial charge in [-0.15, -0.1) is 0 Å². The van der Waals surface area contributed by atoms with Crippen molar-refractivity contribution in [2.24, 2.45) is 0 Å². The topological polar surface area (TPSA) is 37.3 Å². The zero-order valence-corrected chi connectivity index (χ0v) is 10.3. The van der Waals surface area contributed by atoms with E-state index in [1.165, 1.54) is 19.1 Å². The van der Waals surface area contributed by atoms with Gasteiger partial charge in [-0.25, -0.2) is 0 Å². The Morgan fingerprint density at radius 1 is 1.44 bits per heavy atom. The molecule has 98 valence electrons. The molecule has 0 aliphatic rings. The predicted molar refractivity (Wildman–Crippen MR) is 65.3 cm³/mol. The monoisotopic (exact) mass is 276 g/mol. The second-order valence-electron chi connectivity index (χ2n) is 3.48. The number of hydrogen-bond acceptors (Lipinski definition) is 3. The van der Waals surface area contributed by atoms with Crippen molar-refractivity contribution in [3.63, 3.8) is 0 Å². The van der Waals surface area contributed by atoms with Crippen LogP contribution in [0.5, 0.6) is 5.75 Å². The third-order valence-corrected chi connectivity index (χ3v) is 2.78. The SMILES string of the molecule is CC(=O)SCC=Cc1ccc(O)c(C(F)(F)F)c1. The lowest BCUT2D eigenvalue weighted by Gasteiger charge is -2.09. The van der Waals surface area contributed by atoms with E-state index in [1.807, 2.05) is 0 Å². The summed E-state index contributed by atoms with van der Waals surface area (Å²) in [5.74, 6) is -0.393. The molecule has 0 spiro atoms. The second kappa shape index (κ2) is 5.95. The van der Waals surface area contributed by atoms with Crippen LogP contribution in [0, 0.1) is 0 Å². The van der Waals surface area contributed by atoms with Gasteiger partial charge in [0.25, 0.3) is 0 Å². The van der Waals surface area contributed by atoms with Crippen LogP contribution in [0.15, 0.2) is 24.3 Å². The number of phenols is 1. The summed E-state index contributed by atoms with van der Waals surface area (Å²) in [6.45, 7) is 1.42. The van der Waals surface area contributed by atoms with Gasteiger partial charge >= 0.3 is 6.18 Å². The molecule has 1 rings (SSSR count). The number of aromatic hydroxyl groups is 1. The van der Waals surface area contributed by atoms with Crippen LogP contribution in [0.1, 0.15) is 18.1 Å². The predicted octanol–water partition coefficient (Wildman–Crippen LogP) is 3.70. The zero-order chi connectivity index (χ0) is 13.8. The summed E-state index contributed by atoms with van der Waals surface area (Å²) in [6.07, 6.45) is -1.51. The van der Waals surface area contributed by atoms with Gasteiger partial charge < -0.3 is 5.11 Å². The number of alkyl halides is 3. The lowest BCUT2D eigenvalue weighted by Crippen LogP contribution is -2.05. The molecule has 0 aromatic heterocycles. The summed E-state index contributed by atoms with van der Waals surface area (Å²) < 4.78 is 37.5. The van der Waals surface area contributed by atoms with E-state index in [4.69, 9.17) is 5.11 Å². The van der Waals surface area contributed by atoms with E-state index in [0.29, 0.717) is 11.3 Å². The molecule has 6 heteroatoms. The fourth-order valence-electron chi connectivity index (χ4n) is 1.23. The molecule has 1 N–H and O–H groups in total. The molecule has 0 aliphatic carbocycles. The number of carbonyl (C=O) groups is 1. The van der Waals surface area contributed by atoms with Gasteiger partial charge in [-0.2, -0.15) is 13.2 Å². The van der Waals surface area contributed by atoms with Crippen LogP contribution in [0.3, 0.4) is 0 Å². The van der Waals surface area contributed by atoms with Gasteiger partial charge in [0.2, 0.25) is 0 Å². The van der Waals surface area contributed by atoms with Gasteiger partial charge in [-0.05, 0) is 17.7 Å². The van der Waals surface area contributed by atoms with Gasteiger partial charge in [0.05, 0.1) is 5.56 Å². The van der Waals surface area contributed by atoms with Crippen molar-refractivity contribution in [2.75, 3.05) is 5.75 Å². The van der Waals surface area contributed by atoms with Crippen molar-refractivity contribution in [3.05, 3.63) is 35.4 Å². The van der Waals surface area contributed by atoms with Crippen LogP contribution >= 0.6 is 11.8 Å².